The minimum atomic E-state index is -4.52. The maximum Gasteiger partial charge on any atom is 0.416 e. The Kier molecular flexibility index (Phi) is 5.22. The molecule has 0 atom stereocenters. The number of hydrogen-bond donors (Lipinski definition) is 1. The summed E-state index contributed by atoms with van der Waals surface area (Å²) in [6.45, 7) is 2.39. The van der Waals surface area contributed by atoms with Crippen LogP contribution >= 0.6 is 0 Å². The number of piperidine rings is 1. The third kappa shape index (κ3) is 4.41. The molecule has 0 radical (unpaired) electrons. The zero-order valence-corrected chi connectivity index (χ0v) is 11.8. The molecule has 0 spiro atoms. The minimum Gasteiger partial charge on any atom is -0.330 e. The Labute approximate surface area is 121 Å². The van der Waals surface area contributed by atoms with Gasteiger partial charge in [-0.1, -0.05) is 6.07 Å². The van der Waals surface area contributed by atoms with Gasteiger partial charge in [-0.3, -0.25) is 4.90 Å². The average Bonchev–Trinajstić information content (AvgIpc) is 2.42. The fourth-order valence-electron chi connectivity index (χ4n) is 2.86. The van der Waals surface area contributed by atoms with E-state index in [0.717, 1.165) is 38.4 Å². The van der Waals surface area contributed by atoms with Crippen LogP contribution in [-0.2, 0) is 12.7 Å². The standard InChI is InChI=1S/C15H20F4N2/c16-13-2-1-12(14(9-13)15(17,18)19)10-21-7-4-11(3-6-20)5-8-21/h1-2,9,11H,3-8,10,20H2. The summed E-state index contributed by atoms with van der Waals surface area (Å²) in [6.07, 6.45) is -1.63. The van der Waals surface area contributed by atoms with E-state index >= 15 is 0 Å². The van der Waals surface area contributed by atoms with Gasteiger partial charge in [0.25, 0.3) is 0 Å². The van der Waals surface area contributed by atoms with E-state index < -0.39 is 17.6 Å². The van der Waals surface area contributed by atoms with E-state index in [1.54, 1.807) is 0 Å². The van der Waals surface area contributed by atoms with Crippen LogP contribution in [-0.4, -0.2) is 24.5 Å². The Balaban J connectivity index is 2.04. The first-order chi connectivity index (χ1) is 9.90. The van der Waals surface area contributed by atoms with E-state index in [1.165, 1.54) is 6.07 Å². The van der Waals surface area contributed by atoms with Crippen molar-refractivity contribution in [3.8, 4) is 0 Å². The molecule has 1 saturated heterocycles. The Morgan fingerprint density at radius 1 is 1.19 bits per heavy atom. The summed E-state index contributed by atoms with van der Waals surface area (Å²) >= 11 is 0. The number of nitrogens with two attached hydrogens (primary N) is 1. The lowest BCUT2D eigenvalue weighted by Gasteiger charge is -2.32. The molecule has 1 aliphatic rings. The molecular weight excluding hydrogens is 284 g/mol. The molecule has 0 saturated carbocycles. The van der Waals surface area contributed by atoms with Gasteiger partial charge in [0.15, 0.2) is 0 Å². The second-order valence-corrected chi connectivity index (χ2v) is 5.60. The van der Waals surface area contributed by atoms with Crippen LogP contribution in [0.3, 0.4) is 0 Å². The molecule has 0 amide bonds. The molecule has 0 aliphatic carbocycles. The van der Waals surface area contributed by atoms with Gasteiger partial charge in [0.05, 0.1) is 5.56 Å². The van der Waals surface area contributed by atoms with E-state index in [1.807, 2.05) is 4.90 Å². The fourth-order valence-corrected chi connectivity index (χ4v) is 2.86. The van der Waals surface area contributed by atoms with Gasteiger partial charge < -0.3 is 5.73 Å². The predicted octanol–water partition coefficient (Wildman–Crippen LogP) is 3.41. The smallest absolute Gasteiger partial charge is 0.330 e. The van der Waals surface area contributed by atoms with Crippen molar-refractivity contribution < 1.29 is 17.6 Å². The lowest BCUT2D eigenvalue weighted by molar-refractivity contribution is -0.138. The van der Waals surface area contributed by atoms with Crippen LogP contribution in [0.15, 0.2) is 18.2 Å². The number of benzene rings is 1. The number of halogens is 4. The highest BCUT2D eigenvalue weighted by Crippen LogP contribution is 2.33. The van der Waals surface area contributed by atoms with Crippen LogP contribution in [0, 0.1) is 11.7 Å². The first kappa shape index (κ1) is 16.2. The van der Waals surface area contributed by atoms with Crippen molar-refractivity contribution >= 4 is 0 Å². The maximum atomic E-state index is 13.1. The summed E-state index contributed by atoms with van der Waals surface area (Å²) in [5.74, 6) is -0.283. The van der Waals surface area contributed by atoms with Gasteiger partial charge in [-0.2, -0.15) is 13.2 Å². The van der Waals surface area contributed by atoms with Crippen LogP contribution in [0.4, 0.5) is 17.6 Å². The van der Waals surface area contributed by atoms with Crippen molar-refractivity contribution in [1.29, 1.82) is 0 Å². The van der Waals surface area contributed by atoms with Gasteiger partial charge in [0.1, 0.15) is 5.82 Å². The van der Waals surface area contributed by atoms with E-state index in [9.17, 15) is 17.6 Å². The molecule has 1 aromatic carbocycles. The first-order valence-electron chi connectivity index (χ1n) is 7.18. The molecule has 1 heterocycles. The van der Waals surface area contributed by atoms with Gasteiger partial charge in [-0.05, 0) is 62.5 Å². The van der Waals surface area contributed by atoms with Crippen LogP contribution in [0.25, 0.3) is 0 Å². The lowest BCUT2D eigenvalue weighted by atomic mass is 9.93. The summed E-state index contributed by atoms with van der Waals surface area (Å²) in [4.78, 5) is 2.00. The van der Waals surface area contributed by atoms with E-state index in [4.69, 9.17) is 5.73 Å². The van der Waals surface area contributed by atoms with E-state index in [0.29, 0.717) is 18.5 Å². The fraction of sp³-hybridized carbons (Fsp3) is 0.600. The number of alkyl halides is 3. The van der Waals surface area contributed by atoms with Crippen LogP contribution in [0.2, 0.25) is 0 Å². The average molecular weight is 304 g/mol. The zero-order chi connectivity index (χ0) is 15.5. The Bertz CT molecular complexity index is 465. The monoisotopic (exact) mass is 304 g/mol. The maximum absolute atomic E-state index is 13.1. The van der Waals surface area contributed by atoms with Gasteiger partial charge in [0, 0.05) is 6.54 Å². The number of rotatable bonds is 4. The summed E-state index contributed by atoms with van der Waals surface area (Å²) in [7, 11) is 0. The Morgan fingerprint density at radius 2 is 1.86 bits per heavy atom. The molecule has 21 heavy (non-hydrogen) atoms. The van der Waals surface area contributed by atoms with Crippen LogP contribution in [0.5, 0.6) is 0 Å². The van der Waals surface area contributed by atoms with E-state index in [-0.39, 0.29) is 12.1 Å². The second-order valence-electron chi connectivity index (χ2n) is 5.60. The Hall–Kier alpha value is -1.14. The van der Waals surface area contributed by atoms with Crippen molar-refractivity contribution in [2.45, 2.75) is 32.0 Å². The molecular formula is C15H20F4N2. The lowest BCUT2D eigenvalue weighted by Crippen LogP contribution is -2.34. The number of hydrogen-bond acceptors (Lipinski definition) is 2. The molecule has 2 rings (SSSR count). The molecule has 1 aromatic rings. The van der Waals surface area contributed by atoms with Gasteiger partial charge in [-0.25, -0.2) is 4.39 Å². The second kappa shape index (κ2) is 6.75. The Morgan fingerprint density at radius 3 is 2.43 bits per heavy atom. The van der Waals surface area contributed by atoms with Crippen molar-refractivity contribution in [3.05, 3.63) is 35.1 Å². The van der Waals surface area contributed by atoms with Gasteiger partial charge >= 0.3 is 6.18 Å². The molecule has 0 aromatic heterocycles. The van der Waals surface area contributed by atoms with Gasteiger partial charge in [0.2, 0.25) is 0 Å². The molecule has 1 aliphatic heterocycles. The number of nitrogens with zero attached hydrogens (tertiary/aromatic N) is 1. The van der Waals surface area contributed by atoms with Gasteiger partial charge in [-0.15, -0.1) is 0 Å². The highest BCUT2D eigenvalue weighted by atomic mass is 19.4. The van der Waals surface area contributed by atoms with Crippen molar-refractivity contribution in [3.63, 3.8) is 0 Å². The van der Waals surface area contributed by atoms with Crippen LogP contribution in [0.1, 0.15) is 30.4 Å². The number of likely N-dealkylation sites (tertiary alicyclic amines) is 1. The summed E-state index contributed by atoms with van der Waals surface area (Å²) in [5.41, 5.74) is 4.80. The highest BCUT2D eigenvalue weighted by Gasteiger charge is 2.34. The molecule has 1 fully saturated rings. The summed E-state index contributed by atoms with van der Waals surface area (Å²) < 4.78 is 51.9. The molecule has 2 nitrogen and oxygen atoms in total. The summed E-state index contributed by atoms with van der Waals surface area (Å²) in [5, 5.41) is 0. The molecule has 6 heteroatoms. The van der Waals surface area contributed by atoms with Crippen molar-refractivity contribution in [2.75, 3.05) is 19.6 Å². The molecule has 118 valence electrons. The zero-order valence-electron chi connectivity index (χ0n) is 11.8. The van der Waals surface area contributed by atoms with E-state index in [2.05, 4.69) is 0 Å². The first-order valence-corrected chi connectivity index (χ1v) is 7.18. The molecule has 0 bridgehead atoms. The predicted molar refractivity (Wildman–Crippen MR) is 73.1 cm³/mol. The third-order valence-electron chi connectivity index (χ3n) is 4.05. The largest absolute Gasteiger partial charge is 0.416 e. The van der Waals surface area contributed by atoms with Crippen molar-refractivity contribution in [2.24, 2.45) is 11.7 Å². The SMILES string of the molecule is NCCC1CCN(Cc2ccc(F)cc2C(F)(F)F)CC1. The minimum absolute atomic E-state index is 0.140. The topological polar surface area (TPSA) is 29.3 Å². The normalized spacial score (nSPS) is 18.1. The van der Waals surface area contributed by atoms with Crippen molar-refractivity contribution in [1.82, 2.24) is 4.90 Å². The summed E-state index contributed by atoms with van der Waals surface area (Å²) in [6, 6.07) is 2.91. The highest BCUT2D eigenvalue weighted by molar-refractivity contribution is 5.30. The quantitative estimate of drug-likeness (QED) is 0.864. The third-order valence-corrected chi connectivity index (χ3v) is 4.05. The molecule has 2 N–H and O–H groups in total. The molecule has 0 unspecified atom stereocenters. The van der Waals surface area contributed by atoms with Crippen LogP contribution < -0.4 is 5.73 Å².